The quantitative estimate of drug-likeness (QED) is 0.913. The third-order valence-corrected chi connectivity index (χ3v) is 4.93. The molecule has 0 aliphatic carbocycles. The lowest BCUT2D eigenvalue weighted by molar-refractivity contribution is -0.150. The summed E-state index contributed by atoms with van der Waals surface area (Å²) in [5.74, 6) is -1.71. The van der Waals surface area contributed by atoms with E-state index >= 15 is 0 Å². The van der Waals surface area contributed by atoms with Crippen LogP contribution in [0.5, 0.6) is 0 Å². The Balaban J connectivity index is 3.56. The fraction of sp³-hybridized carbons (Fsp3) is 0.417. The number of aliphatic carboxylic acids is 1. The van der Waals surface area contributed by atoms with Crippen molar-refractivity contribution >= 4 is 15.8 Å². The molecule has 0 amide bonds. The Morgan fingerprint density at radius 1 is 1.33 bits per heavy atom. The average molecular weight is 274 g/mol. The lowest BCUT2D eigenvalue weighted by atomic mass is 9.98. The Bertz CT molecular complexity index is 561. The molecule has 1 aromatic carbocycles. The highest BCUT2D eigenvalue weighted by Crippen LogP contribution is 2.32. The molecule has 0 aliphatic rings. The Morgan fingerprint density at radius 2 is 1.83 bits per heavy atom. The highest BCUT2D eigenvalue weighted by Gasteiger charge is 2.40. The predicted molar refractivity (Wildman–Crippen MR) is 64.9 cm³/mol. The summed E-state index contributed by atoms with van der Waals surface area (Å²) >= 11 is 0. The SMILES string of the molecule is CC(C)S(=O)(=O)c1ccccc1C(C)(F)C(=O)O. The van der Waals surface area contributed by atoms with E-state index in [2.05, 4.69) is 0 Å². The lowest BCUT2D eigenvalue weighted by Crippen LogP contribution is -2.30. The summed E-state index contributed by atoms with van der Waals surface area (Å²) in [5.41, 5.74) is -3.08. The molecular formula is C12H15FO4S. The van der Waals surface area contributed by atoms with Gasteiger partial charge in [0.25, 0.3) is 0 Å². The van der Waals surface area contributed by atoms with Crippen LogP contribution in [0.2, 0.25) is 0 Å². The smallest absolute Gasteiger partial charge is 0.345 e. The number of sulfone groups is 1. The molecule has 0 spiro atoms. The molecule has 6 heteroatoms. The van der Waals surface area contributed by atoms with Gasteiger partial charge in [-0.25, -0.2) is 17.6 Å². The third kappa shape index (κ3) is 2.38. The maximum Gasteiger partial charge on any atom is 0.345 e. The van der Waals surface area contributed by atoms with E-state index in [1.165, 1.54) is 38.1 Å². The van der Waals surface area contributed by atoms with E-state index in [9.17, 15) is 17.6 Å². The maximum atomic E-state index is 14.1. The minimum Gasteiger partial charge on any atom is -0.479 e. The van der Waals surface area contributed by atoms with Crippen molar-refractivity contribution in [1.82, 2.24) is 0 Å². The van der Waals surface area contributed by atoms with Gasteiger partial charge >= 0.3 is 5.97 Å². The van der Waals surface area contributed by atoms with E-state index in [0.29, 0.717) is 0 Å². The first-order valence-electron chi connectivity index (χ1n) is 5.37. The van der Waals surface area contributed by atoms with Gasteiger partial charge in [0.1, 0.15) is 0 Å². The number of benzene rings is 1. The number of alkyl halides is 1. The van der Waals surface area contributed by atoms with E-state index < -0.39 is 26.7 Å². The van der Waals surface area contributed by atoms with Crippen molar-refractivity contribution < 1.29 is 22.7 Å². The van der Waals surface area contributed by atoms with Crippen LogP contribution in [0.3, 0.4) is 0 Å². The molecule has 0 saturated carbocycles. The zero-order valence-electron chi connectivity index (χ0n) is 10.3. The summed E-state index contributed by atoms with van der Waals surface area (Å²) in [6.45, 7) is 3.76. The molecule has 0 fully saturated rings. The minimum absolute atomic E-state index is 0.271. The van der Waals surface area contributed by atoms with Gasteiger partial charge in [-0.05, 0) is 26.8 Å². The van der Waals surface area contributed by atoms with E-state index in [4.69, 9.17) is 5.11 Å². The fourth-order valence-electron chi connectivity index (χ4n) is 1.47. The number of rotatable bonds is 4. The zero-order valence-corrected chi connectivity index (χ0v) is 11.2. The Labute approximate surface area is 105 Å². The molecule has 1 unspecified atom stereocenters. The van der Waals surface area contributed by atoms with Gasteiger partial charge in [-0.2, -0.15) is 0 Å². The van der Waals surface area contributed by atoms with Crippen LogP contribution in [-0.4, -0.2) is 24.7 Å². The van der Waals surface area contributed by atoms with Gasteiger partial charge in [0.15, 0.2) is 9.84 Å². The van der Waals surface area contributed by atoms with E-state index in [1.807, 2.05) is 0 Å². The van der Waals surface area contributed by atoms with Crippen LogP contribution in [0.4, 0.5) is 4.39 Å². The van der Waals surface area contributed by atoms with Gasteiger partial charge in [0.05, 0.1) is 10.1 Å². The van der Waals surface area contributed by atoms with E-state index in [-0.39, 0.29) is 10.5 Å². The molecule has 18 heavy (non-hydrogen) atoms. The number of carboxylic acids is 1. The summed E-state index contributed by atoms with van der Waals surface area (Å²) in [6, 6.07) is 5.26. The molecule has 0 heterocycles. The summed E-state index contributed by atoms with van der Waals surface area (Å²) < 4.78 is 38.3. The molecule has 1 aromatic rings. The molecule has 0 aliphatic heterocycles. The van der Waals surface area contributed by atoms with Crippen LogP contribution >= 0.6 is 0 Å². The van der Waals surface area contributed by atoms with Crippen LogP contribution < -0.4 is 0 Å². The highest BCUT2D eigenvalue weighted by atomic mass is 32.2. The molecule has 1 atom stereocenters. The van der Waals surface area contributed by atoms with Crippen molar-refractivity contribution in [1.29, 1.82) is 0 Å². The second-order valence-electron chi connectivity index (χ2n) is 4.40. The maximum absolute atomic E-state index is 14.1. The second-order valence-corrected chi connectivity index (χ2v) is 6.87. The number of hydrogen-bond acceptors (Lipinski definition) is 3. The molecule has 4 nitrogen and oxygen atoms in total. The summed E-state index contributed by atoms with van der Waals surface area (Å²) in [7, 11) is -3.73. The van der Waals surface area contributed by atoms with Crippen LogP contribution in [0, 0.1) is 0 Å². The summed E-state index contributed by atoms with van der Waals surface area (Å²) in [6.07, 6.45) is 0. The number of halogens is 1. The Hall–Kier alpha value is -1.43. The standard InChI is InChI=1S/C12H15FO4S/c1-8(2)18(16,17)10-7-5-4-6-9(10)12(3,13)11(14)15/h4-8H,1-3H3,(H,14,15). The zero-order chi connectivity index (χ0) is 14.1. The van der Waals surface area contributed by atoms with E-state index in [1.54, 1.807) is 0 Å². The van der Waals surface area contributed by atoms with Crippen molar-refractivity contribution in [2.24, 2.45) is 0 Å². The van der Waals surface area contributed by atoms with E-state index in [0.717, 1.165) is 6.92 Å². The van der Waals surface area contributed by atoms with Gasteiger partial charge in [-0.3, -0.25) is 0 Å². The van der Waals surface area contributed by atoms with Crippen molar-refractivity contribution in [2.75, 3.05) is 0 Å². The molecular weight excluding hydrogens is 259 g/mol. The second kappa shape index (κ2) is 4.68. The van der Waals surface area contributed by atoms with Crippen LogP contribution in [0.25, 0.3) is 0 Å². The van der Waals surface area contributed by atoms with Crippen molar-refractivity contribution in [3.05, 3.63) is 29.8 Å². The highest BCUT2D eigenvalue weighted by molar-refractivity contribution is 7.92. The van der Waals surface area contributed by atoms with Crippen LogP contribution in [0.15, 0.2) is 29.2 Å². The first-order chi connectivity index (χ1) is 8.11. The van der Waals surface area contributed by atoms with Crippen molar-refractivity contribution in [3.63, 3.8) is 0 Å². The lowest BCUT2D eigenvalue weighted by Gasteiger charge is -2.20. The first kappa shape index (κ1) is 14.6. The molecule has 0 aromatic heterocycles. The Morgan fingerprint density at radius 3 is 2.28 bits per heavy atom. The molecule has 1 rings (SSSR count). The van der Waals surface area contributed by atoms with Gasteiger partial charge in [-0.15, -0.1) is 0 Å². The van der Waals surface area contributed by atoms with Gasteiger partial charge < -0.3 is 5.11 Å². The van der Waals surface area contributed by atoms with Gasteiger partial charge in [0, 0.05) is 5.56 Å². The molecule has 0 bridgehead atoms. The molecule has 0 saturated heterocycles. The van der Waals surface area contributed by atoms with Crippen LogP contribution in [-0.2, 0) is 20.3 Å². The minimum atomic E-state index is -3.73. The average Bonchev–Trinajstić information content (AvgIpc) is 2.28. The number of hydrogen-bond donors (Lipinski definition) is 1. The number of carbonyl (C=O) groups is 1. The largest absolute Gasteiger partial charge is 0.479 e. The predicted octanol–water partition coefficient (Wildman–Crippen LogP) is 2.14. The Kier molecular flexibility index (Phi) is 3.81. The van der Waals surface area contributed by atoms with Gasteiger partial charge in [0.2, 0.25) is 5.67 Å². The fourth-order valence-corrected chi connectivity index (χ4v) is 2.81. The molecule has 1 N–H and O–H groups in total. The van der Waals surface area contributed by atoms with Crippen molar-refractivity contribution in [3.8, 4) is 0 Å². The first-order valence-corrected chi connectivity index (χ1v) is 6.92. The topological polar surface area (TPSA) is 71.4 Å². The normalized spacial score (nSPS) is 15.4. The summed E-state index contributed by atoms with van der Waals surface area (Å²) in [4.78, 5) is 10.6. The molecule has 0 radical (unpaired) electrons. The molecule has 100 valence electrons. The monoisotopic (exact) mass is 274 g/mol. The third-order valence-electron chi connectivity index (χ3n) is 2.72. The summed E-state index contributed by atoms with van der Waals surface area (Å²) in [5, 5.41) is 8.11. The van der Waals surface area contributed by atoms with Gasteiger partial charge in [-0.1, -0.05) is 18.2 Å². The van der Waals surface area contributed by atoms with Crippen LogP contribution in [0.1, 0.15) is 26.3 Å². The van der Waals surface area contributed by atoms with Crippen molar-refractivity contribution in [2.45, 2.75) is 36.6 Å². The number of carboxylic acid groups (broad SMARTS) is 1.